The van der Waals surface area contributed by atoms with Crippen molar-refractivity contribution in [3.63, 3.8) is 0 Å². The van der Waals surface area contributed by atoms with Crippen LogP contribution in [-0.4, -0.2) is 19.7 Å². The van der Waals surface area contributed by atoms with Crippen LogP contribution in [0.2, 0.25) is 0 Å². The lowest BCUT2D eigenvalue weighted by molar-refractivity contribution is -0.139. The highest BCUT2D eigenvalue weighted by atomic mass is 79.9. The normalized spacial score (nSPS) is 11.9. The summed E-state index contributed by atoms with van der Waals surface area (Å²) in [6, 6.07) is 7.33. The molecule has 1 atom stereocenters. The average Bonchev–Trinajstić information content (AvgIpc) is 2.28. The Kier molecular flexibility index (Phi) is 4.62. The zero-order chi connectivity index (χ0) is 11.3. The van der Waals surface area contributed by atoms with E-state index in [4.69, 9.17) is 4.74 Å². The standard InChI is InChI=1S/C11H13BrO3/c1-3-15-9-6-4-8(5-7-9)10(12)11(13)14-2/h4-7,10H,3H2,1-2H3. The van der Waals surface area contributed by atoms with Gasteiger partial charge in [0.1, 0.15) is 10.6 Å². The highest BCUT2D eigenvalue weighted by molar-refractivity contribution is 9.09. The van der Waals surface area contributed by atoms with Crippen LogP contribution >= 0.6 is 15.9 Å². The number of esters is 1. The predicted octanol–water partition coefficient (Wildman–Crippen LogP) is 2.69. The van der Waals surface area contributed by atoms with Crippen LogP contribution in [0.4, 0.5) is 0 Å². The molecule has 0 saturated heterocycles. The van der Waals surface area contributed by atoms with E-state index in [2.05, 4.69) is 20.7 Å². The molecular weight excluding hydrogens is 260 g/mol. The predicted molar refractivity (Wildman–Crippen MR) is 61.3 cm³/mol. The summed E-state index contributed by atoms with van der Waals surface area (Å²) in [5, 5.41) is 0. The first-order valence-corrected chi connectivity index (χ1v) is 5.55. The summed E-state index contributed by atoms with van der Waals surface area (Å²) in [5.41, 5.74) is 0.852. The molecule has 0 fully saturated rings. The van der Waals surface area contributed by atoms with E-state index in [1.54, 1.807) is 0 Å². The third-order valence-corrected chi connectivity index (χ3v) is 2.79. The van der Waals surface area contributed by atoms with Gasteiger partial charge in [0.05, 0.1) is 13.7 Å². The molecule has 0 bridgehead atoms. The summed E-state index contributed by atoms with van der Waals surface area (Å²) < 4.78 is 9.92. The Morgan fingerprint density at radius 2 is 2.00 bits per heavy atom. The molecule has 0 radical (unpaired) electrons. The quantitative estimate of drug-likeness (QED) is 0.625. The highest BCUT2D eigenvalue weighted by Crippen LogP contribution is 2.25. The highest BCUT2D eigenvalue weighted by Gasteiger charge is 2.17. The van der Waals surface area contributed by atoms with Gasteiger partial charge in [-0.05, 0) is 24.6 Å². The fourth-order valence-electron chi connectivity index (χ4n) is 1.14. The molecule has 0 aliphatic heterocycles. The zero-order valence-corrected chi connectivity index (χ0v) is 10.3. The van der Waals surface area contributed by atoms with Crippen LogP contribution in [-0.2, 0) is 9.53 Å². The molecule has 0 amide bonds. The first-order chi connectivity index (χ1) is 7.19. The summed E-state index contributed by atoms with van der Waals surface area (Å²) in [6.07, 6.45) is 0. The fraction of sp³-hybridized carbons (Fsp3) is 0.364. The third kappa shape index (κ3) is 3.23. The molecule has 82 valence electrons. The van der Waals surface area contributed by atoms with E-state index in [1.165, 1.54) is 7.11 Å². The van der Waals surface area contributed by atoms with E-state index < -0.39 is 4.83 Å². The maximum atomic E-state index is 11.2. The molecule has 0 heterocycles. The lowest BCUT2D eigenvalue weighted by Gasteiger charge is -2.08. The minimum absolute atomic E-state index is 0.306. The molecule has 0 spiro atoms. The lowest BCUT2D eigenvalue weighted by atomic mass is 10.1. The van der Waals surface area contributed by atoms with E-state index >= 15 is 0 Å². The number of methoxy groups -OCH3 is 1. The van der Waals surface area contributed by atoms with E-state index in [1.807, 2.05) is 31.2 Å². The van der Waals surface area contributed by atoms with Gasteiger partial charge in [-0.15, -0.1) is 0 Å². The van der Waals surface area contributed by atoms with Gasteiger partial charge in [0.15, 0.2) is 0 Å². The van der Waals surface area contributed by atoms with Crippen molar-refractivity contribution in [2.75, 3.05) is 13.7 Å². The molecular formula is C11H13BrO3. The molecule has 0 saturated carbocycles. The Hall–Kier alpha value is -1.03. The molecule has 1 unspecified atom stereocenters. The SMILES string of the molecule is CCOc1ccc(C(Br)C(=O)OC)cc1. The monoisotopic (exact) mass is 272 g/mol. The van der Waals surface area contributed by atoms with Crippen molar-refractivity contribution in [3.05, 3.63) is 29.8 Å². The zero-order valence-electron chi connectivity index (χ0n) is 8.70. The van der Waals surface area contributed by atoms with E-state index in [9.17, 15) is 4.79 Å². The summed E-state index contributed by atoms with van der Waals surface area (Å²) in [7, 11) is 1.37. The van der Waals surface area contributed by atoms with E-state index in [0.717, 1.165) is 11.3 Å². The van der Waals surface area contributed by atoms with Crippen molar-refractivity contribution in [2.24, 2.45) is 0 Å². The molecule has 15 heavy (non-hydrogen) atoms. The summed E-state index contributed by atoms with van der Waals surface area (Å²) in [5.74, 6) is 0.491. The summed E-state index contributed by atoms with van der Waals surface area (Å²) >= 11 is 3.26. The molecule has 4 heteroatoms. The number of halogens is 1. The Balaban J connectivity index is 2.75. The van der Waals surface area contributed by atoms with E-state index in [-0.39, 0.29) is 5.97 Å². The number of benzene rings is 1. The number of hydrogen-bond acceptors (Lipinski definition) is 3. The van der Waals surface area contributed by atoms with Crippen LogP contribution in [0.25, 0.3) is 0 Å². The number of alkyl halides is 1. The van der Waals surface area contributed by atoms with Crippen molar-refractivity contribution in [2.45, 2.75) is 11.8 Å². The molecule has 1 aromatic rings. The fourth-order valence-corrected chi connectivity index (χ4v) is 1.63. The van der Waals surface area contributed by atoms with Crippen molar-refractivity contribution in [3.8, 4) is 5.75 Å². The topological polar surface area (TPSA) is 35.5 Å². The molecule has 0 N–H and O–H groups in total. The van der Waals surface area contributed by atoms with Crippen molar-refractivity contribution < 1.29 is 14.3 Å². The molecule has 1 aromatic carbocycles. The largest absolute Gasteiger partial charge is 0.494 e. The van der Waals surface area contributed by atoms with Gasteiger partial charge in [0, 0.05) is 0 Å². The van der Waals surface area contributed by atoms with Crippen LogP contribution in [0.3, 0.4) is 0 Å². The van der Waals surface area contributed by atoms with Crippen LogP contribution in [0, 0.1) is 0 Å². The smallest absolute Gasteiger partial charge is 0.323 e. The van der Waals surface area contributed by atoms with Gasteiger partial charge in [0.2, 0.25) is 0 Å². The maximum absolute atomic E-state index is 11.2. The van der Waals surface area contributed by atoms with Crippen molar-refractivity contribution in [1.29, 1.82) is 0 Å². The average molecular weight is 273 g/mol. The molecule has 1 rings (SSSR count). The number of carbonyl (C=O) groups excluding carboxylic acids is 1. The van der Waals surface area contributed by atoms with Gasteiger partial charge in [-0.3, -0.25) is 4.79 Å². The number of rotatable bonds is 4. The number of carbonyl (C=O) groups is 1. The summed E-state index contributed by atoms with van der Waals surface area (Å²) in [6.45, 7) is 2.56. The molecule has 0 aliphatic rings. The van der Waals surface area contributed by atoms with Gasteiger partial charge in [-0.1, -0.05) is 28.1 Å². The summed E-state index contributed by atoms with van der Waals surface area (Å²) in [4.78, 5) is 10.8. The van der Waals surface area contributed by atoms with Gasteiger partial charge >= 0.3 is 5.97 Å². The first kappa shape index (κ1) is 12.0. The number of hydrogen-bond donors (Lipinski definition) is 0. The number of ether oxygens (including phenoxy) is 2. The van der Waals surface area contributed by atoms with Crippen molar-refractivity contribution >= 4 is 21.9 Å². The molecule has 3 nitrogen and oxygen atoms in total. The second-order valence-corrected chi connectivity index (χ2v) is 3.80. The first-order valence-electron chi connectivity index (χ1n) is 4.63. The molecule has 0 aromatic heterocycles. The van der Waals surface area contributed by atoms with Gasteiger partial charge < -0.3 is 9.47 Å². The van der Waals surface area contributed by atoms with Crippen LogP contribution in [0.1, 0.15) is 17.3 Å². The maximum Gasteiger partial charge on any atom is 0.323 e. The Morgan fingerprint density at radius 3 is 2.47 bits per heavy atom. The second kappa shape index (κ2) is 5.75. The molecule has 0 aliphatic carbocycles. The Labute approximate surface area is 97.5 Å². The van der Waals surface area contributed by atoms with Crippen LogP contribution in [0.5, 0.6) is 5.75 Å². The van der Waals surface area contributed by atoms with Crippen molar-refractivity contribution in [1.82, 2.24) is 0 Å². The van der Waals surface area contributed by atoms with E-state index in [0.29, 0.717) is 6.61 Å². The minimum Gasteiger partial charge on any atom is -0.494 e. The third-order valence-electron chi connectivity index (χ3n) is 1.89. The van der Waals surface area contributed by atoms with Crippen LogP contribution < -0.4 is 4.74 Å². The van der Waals surface area contributed by atoms with Crippen LogP contribution in [0.15, 0.2) is 24.3 Å². The van der Waals surface area contributed by atoms with Gasteiger partial charge in [-0.2, -0.15) is 0 Å². The second-order valence-electron chi connectivity index (χ2n) is 2.89. The lowest BCUT2D eigenvalue weighted by Crippen LogP contribution is -2.07. The van der Waals surface area contributed by atoms with Gasteiger partial charge in [-0.25, -0.2) is 0 Å². The Bertz CT molecular complexity index is 321. The van der Waals surface area contributed by atoms with Gasteiger partial charge in [0.25, 0.3) is 0 Å². The Morgan fingerprint density at radius 1 is 1.40 bits per heavy atom. The minimum atomic E-state index is -0.418.